The first-order valence-electron chi connectivity index (χ1n) is 4.21. The average molecular weight is 176 g/mol. The first-order chi connectivity index (χ1) is 5.27. The molecule has 1 rings (SSSR count). The summed E-state index contributed by atoms with van der Waals surface area (Å²) in [5.74, 6) is 0. The lowest BCUT2D eigenvalue weighted by Gasteiger charge is -2.31. The molecular weight excluding hydrogens is 160 g/mol. The van der Waals surface area contributed by atoms with Gasteiger partial charge in [0.25, 0.3) is 0 Å². The molecule has 0 spiro atoms. The van der Waals surface area contributed by atoms with E-state index in [1.54, 1.807) is 0 Å². The molecule has 66 valence electrons. The molecular formula is C7H16O3Si. The van der Waals surface area contributed by atoms with Crippen molar-refractivity contribution in [3.8, 4) is 0 Å². The molecule has 11 heavy (non-hydrogen) atoms. The minimum atomic E-state index is -0.898. The predicted octanol–water partition coefficient (Wildman–Crippen LogP) is -0.0467. The molecule has 1 N–H and O–H groups in total. The van der Waals surface area contributed by atoms with E-state index in [1.807, 2.05) is 6.92 Å². The minimum Gasteiger partial charge on any atom is -0.418 e. The zero-order valence-corrected chi connectivity index (χ0v) is 8.42. The quantitative estimate of drug-likeness (QED) is 0.613. The number of hydrogen-bond acceptors (Lipinski definition) is 3. The van der Waals surface area contributed by atoms with Gasteiger partial charge in [0.1, 0.15) is 0 Å². The van der Waals surface area contributed by atoms with Gasteiger partial charge in [-0.25, -0.2) is 0 Å². The zero-order valence-electron chi connectivity index (χ0n) is 7.01. The van der Waals surface area contributed by atoms with Crippen molar-refractivity contribution in [1.82, 2.24) is 0 Å². The van der Waals surface area contributed by atoms with Crippen LogP contribution in [0.25, 0.3) is 0 Å². The summed E-state index contributed by atoms with van der Waals surface area (Å²) < 4.78 is 10.5. The first kappa shape index (κ1) is 9.19. The Balaban J connectivity index is 2.25. The molecule has 4 heteroatoms. The Bertz CT molecular complexity index is 112. The van der Waals surface area contributed by atoms with Gasteiger partial charge in [0.05, 0.1) is 0 Å². The standard InChI is InChI=1S/C7H16O3Si/c1-2-10-11-7(8)5-3-4-6-9-7/h8H,2-6,11H2,1H3. The summed E-state index contributed by atoms with van der Waals surface area (Å²) in [6.45, 7) is 3.33. The normalized spacial score (nSPS) is 33.3. The van der Waals surface area contributed by atoms with Gasteiger partial charge in [-0.05, 0) is 26.2 Å². The summed E-state index contributed by atoms with van der Waals surface area (Å²) in [5.41, 5.74) is -0.853. The molecule has 1 aliphatic heterocycles. The largest absolute Gasteiger partial charge is 0.418 e. The molecule has 0 aromatic heterocycles. The van der Waals surface area contributed by atoms with Gasteiger partial charge in [0.2, 0.25) is 9.76 Å². The highest BCUT2D eigenvalue weighted by molar-refractivity contribution is 6.30. The molecule has 1 unspecified atom stereocenters. The Morgan fingerprint density at radius 1 is 1.64 bits per heavy atom. The molecule has 0 bridgehead atoms. The third-order valence-electron chi connectivity index (χ3n) is 1.86. The van der Waals surface area contributed by atoms with Crippen molar-refractivity contribution in [3.05, 3.63) is 0 Å². The summed E-state index contributed by atoms with van der Waals surface area (Å²) in [4.78, 5) is 0. The second-order valence-electron chi connectivity index (χ2n) is 2.89. The number of rotatable bonds is 3. The van der Waals surface area contributed by atoms with Gasteiger partial charge in [-0.2, -0.15) is 0 Å². The maximum atomic E-state index is 9.72. The molecule has 3 nitrogen and oxygen atoms in total. The van der Waals surface area contributed by atoms with Crippen LogP contribution in [-0.4, -0.2) is 33.5 Å². The van der Waals surface area contributed by atoms with E-state index in [1.165, 1.54) is 0 Å². The summed E-state index contributed by atoms with van der Waals surface area (Å²) in [6.07, 6.45) is 2.90. The van der Waals surface area contributed by atoms with Gasteiger partial charge in [0.15, 0.2) is 5.41 Å². The van der Waals surface area contributed by atoms with Crippen LogP contribution in [-0.2, 0) is 9.16 Å². The van der Waals surface area contributed by atoms with E-state index >= 15 is 0 Å². The van der Waals surface area contributed by atoms with Crippen LogP contribution in [0, 0.1) is 0 Å². The number of aliphatic hydroxyl groups is 1. The molecule has 0 saturated carbocycles. The van der Waals surface area contributed by atoms with E-state index in [2.05, 4.69) is 0 Å². The maximum Gasteiger partial charge on any atom is 0.227 e. The van der Waals surface area contributed by atoms with Crippen LogP contribution in [0.3, 0.4) is 0 Å². The van der Waals surface area contributed by atoms with Crippen molar-refractivity contribution in [3.63, 3.8) is 0 Å². The van der Waals surface area contributed by atoms with Crippen molar-refractivity contribution in [2.75, 3.05) is 13.2 Å². The topological polar surface area (TPSA) is 38.7 Å². The fraction of sp³-hybridized carbons (Fsp3) is 1.00. The lowest BCUT2D eigenvalue weighted by atomic mass is 10.2. The third kappa shape index (κ3) is 2.90. The van der Waals surface area contributed by atoms with Crippen molar-refractivity contribution in [1.29, 1.82) is 0 Å². The Labute approximate surface area is 69.6 Å². The van der Waals surface area contributed by atoms with Crippen LogP contribution in [0.2, 0.25) is 0 Å². The van der Waals surface area contributed by atoms with E-state index in [9.17, 15) is 5.11 Å². The van der Waals surface area contributed by atoms with E-state index in [0.717, 1.165) is 19.3 Å². The fourth-order valence-electron chi connectivity index (χ4n) is 1.21. The molecule has 1 aliphatic rings. The molecule has 1 fully saturated rings. The summed E-state index contributed by atoms with van der Waals surface area (Å²) in [6, 6.07) is 0. The Morgan fingerprint density at radius 2 is 2.45 bits per heavy atom. The third-order valence-corrected chi connectivity index (χ3v) is 3.49. The molecule has 0 aromatic rings. The van der Waals surface area contributed by atoms with Gasteiger partial charge in [-0.3, -0.25) is 0 Å². The highest BCUT2D eigenvalue weighted by atomic mass is 28.2. The van der Waals surface area contributed by atoms with Crippen LogP contribution >= 0.6 is 0 Å². The second kappa shape index (κ2) is 4.20. The van der Waals surface area contributed by atoms with Crippen LogP contribution < -0.4 is 0 Å². The highest BCUT2D eigenvalue weighted by Gasteiger charge is 2.30. The summed E-state index contributed by atoms with van der Waals surface area (Å²) in [5, 5.41) is 9.72. The van der Waals surface area contributed by atoms with Gasteiger partial charge >= 0.3 is 0 Å². The minimum absolute atomic E-state index is 0.691. The molecule has 1 saturated heterocycles. The van der Waals surface area contributed by atoms with E-state index < -0.39 is 15.2 Å². The van der Waals surface area contributed by atoms with Crippen molar-refractivity contribution in [2.24, 2.45) is 0 Å². The number of ether oxygens (including phenoxy) is 1. The van der Waals surface area contributed by atoms with Gasteiger partial charge < -0.3 is 14.3 Å². The molecule has 1 atom stereocenters. The van der Waals surface area contributed by atoms with Crippen LogP contribution in [0.5, 0.6) is 0 Å². The SMILES string of the molecule is CCO[SiH2]C1(O)CCCCO1. The Hall–Kier alpha value is 0.0969. The molecule has 0 aromatic carbocycles. The second-order valence-corrected chi connectivity index (χ2v) is 4.69. The lowest BCUT2D eigenvalue weighted by Crippen LogP contribution is -2.43. The van der Waals surface area contributed by atoms with Crippen molar-refractivity contribution < 1.29 is 14.3 Å². The van der Waals surface area contributed by atoms with Crippen molar-refractivity contribution in [2.45, 2.75) is 31.6 Å². The summed E-state index contributed by atoms with van der Waals surface area (Å²) in [7, 11) is -0.898. The van der Waals surface area contributed by atoms with E-state index in [0.29, 0.717) is 13.2 Å². The van der Waals surface area contributed by atoms with E-state index in [4.69, 9.17) is 9.16 Å². The monoisotopic (exact) mass is 176 g/mol. The van der Waals surface area contributed by atoms with Gasteiger partial charge in [-0.15, -0.1) is 0 Å². The van der Waals surface area contributed by atoms with Crippen LogP contribution in [0.1, 0.15) is 26.2 Å². The molecule has 1 heterocycles. The van der Waals surface area contributed by atoms with Crippen molar-refractivity contribution >= 4 is 9.76 Å². The van der Waals surface area contributed by atoms with Gasteiger partial charge in [-0.1, -0.05) is 0 Å². The first-order valence-corrected chi connectivity index (χ1v) is 5.49. The van der Waals surface area contributed by atoms with Gasteiger partial charge in [0, 0.05) is 13.2 Å². The zero-order chi connectivity index (χ0) is 8.16. The summed E-state index contributed by atoms with van der Waals surface area (Å²) >= 11 is 0. The predicted molar refractivity (Wildman–Crippen MR) is 44.9 cm³/mol. The fourth-order valence-corrected chi connectivity index (χ4v) is 2.36. The maximum absolute atomic E-state index is 9.72. The smallest absolute Gasteiger partial charge is 0.227 e. The molecule has 0 radical (unpaired) electrons. The Morgan fingerprint density at radius 3 is 3.00 bits per heavy atom. The van der Waals surface area contributed by atoms with E-state index in [-0.39, 0.29) is 0 Å². The Kier molecular flexibility index (Phi) is 3.51. The lowest BCUT2D eigenvalue weighted by molar-refractivity contribution is -0.171. The number of hydrogen-bond donors (Lipinski definition) is 1. The van der Waals surface area contributed by atoms with Crippen LogP contribution in [0.15, 0.2) is 0 Å². The molecule has 0 aliphatic carbocycles. The average Bonchev–Trinajstić information content (AvgIpc) is 2.03. The molecule has 0 amide bonds. The highest BCUT2D eigenvalue weighted by Crippen LogP contribution is 2.20. The van der Waals surface area contributed by atoms with Crippen LogP contribution in [0.4, 0.5) is 0 Å².